The first kappa shape index (κ1) is 15.1. The molecule has 2 heterocycles. The van der Waals surface area contributed by atoms with Gasteiger partial charge in [0.2, 0.25) is 0 Å². The van der Waals surface area contributed by atoms with Crippen LogP contribution in [0.5, 0.6) is 0 Å². The zero-order valence-electron chi connectivity index (χ0n) is 12.4. The van der Waals surface area contributed by atoms with E-state index in [-0.39, 0.29) is 18.0 Å². The number of hydrogen-bond acceptors (Lipinski definition) is 5. The van der Waals surface area contributed by atoms with Gasteiger partial charge in [-0.15, -0.1) is 0 Å². The average molecular weight is 281 g/mol. The van der Waals surface area contributed by atoms with Crippen molar-refractivity contribution in [1.82, 2.24) is 4.90 Å². The van der Waals surface area contributed by atoms with Gasteiger partial charge in [0.25, 0.3) is 0 Å². The number of piperidine rings is 1. The highest BCUT2D eigenvalue weighted by Crippen LogP contribution is 2.30. The lowest BCUT2D eigenvalue weighted by Crippen LogP contribution is -2.43. The number of ether oxygens (including phenoxy) is 1. The zero-order chi connectivity index (χ0) is 14.8. The van der Waals surface area contributed by atoms with E-state index in [0.717, 1.165) is 31.7 Å². The highest BCUT2D eigenvalue weighted by molar-refractivity contribution is 5.90. The molecule has 1 atom stereocenters. The van der Waals surface area contributed by atoms with Gasteiger partial charge in [-0.05, 0) is 32.4 Å². The molecule has 0 radical (unpaired) electrons. The van der Waals surface area contributed by atoms with Crippen molar-refractivity contribution in [3.05, 3.63) is 23.2 Å². The molecule has 1 saturated heterocycles. The summed E-state index contributed by atoms with van der Waals surface area (Å²) in [6.45, 7) is 6.57. The highest BCUT2D eigenvalue weighted by Gasteiger charge is 2.30. The van der Waals surface area contributed by atoms with Crippen molar-refractivity contribution in [1.29, 1.82) is 0 Å². The molecule has 1 fully saturated rings. The van der Waals surface area contributed by atoms with Gasteiger partial charge in [0.1, 0.15) is 17.1 Å². The molecule has 1 aromatic heterocycles. The minimum Gasteiger partial charge on any atom is -0.465 e. The third-order valence-electron chi connectivity index (χ3n) is 4.00. The number of furan rings is 1. The van der Waals surface area contributed by atoms with Crippen molar-refractivity contribution in [3.8, 4) is 0 Å². The van der Waals surface area contributed by atoms with Crippen LogP contribution in [0.25, 0.3) is 0 Å². The second-order valence-electron chi connectivity index (χ2n) is 5.96. The van der Waals surface area contributed by atoms with Crippen LogP contribution in [-0.2, 0) is 11.3 Å². The number of methoxy groups -OCH3 is 1. The van der Waals surface area contributed by atoms with Gasteiger partial charge in [0.15, 0.2) is 0 Å². The fourth-order valence-electron chi connectivity index (χ4n) is 2.85. The van der Waals surface area contributed by atoms with Crippen LogP contribution >= 0.6 is 0 Å². The summed E-state index contributed by atoms with van der Waals surface area (Å²) in [4.78, 5) is 13.8. The second-order valence-corrected chi connectivity index (χ2v) is 5.96. The van der Waals surface area contributed by atoms with Crippen LogP contribution in [0.4, 0.5) is 0 Å². The van der Waals surface area contributed by atoms with Crippen molar-refractivity contribution in [2.24, 2.45) is 5.41 Å². The number of carbonyl (C=O) groups is 1. The number of carbonyl (C=O) groups excluding carboxylic acids is 1. The van der Waals surface area contributed by atoms with Gasteiger partial charge in [-0.3, -0.25) is 4.90 Å². The van der Waals surface area contributed by atoms with Gasteiger partial charge in [-0.1, -0.05) is 6.92 Å². The minimum absolute atomic E-state index is 0.0366. The lowest BCUT2D eigenvalue weighted by Gasteiger charge is -2.38. The van der Waals surface area contributed by atoms with Crippen molar-refractivity contribution in [3.63, 3.8) is 0 Å². The summed E-state index contributed by atoms with van der Waals surface area (Å²) in [5.74, 6) is 0.996. The van der Waals surface area contributed by atoms with E-state index < -0.39 is 0 Å². The molecule has 0 amide bonds. The monoisotopic (exact) mass is 281 g/mol. The number of esters is 1. The number of aryl methyl sites for hydroxylation is 1. The van der Waals surface area contributed by atoms with Gasteiger partial charge in [-0.25, -0.2) is 4.79 Å². The van der Waals surface area contributed by atoms with E-state index in [0.29, 0.717) is 17.9 Å². The Hall–Kier alpha value is -1.33. The number of aliphatic hydroxyl groups excluding tert-OH is 1. The highest BCUT2D eigenvalue weighted by atomic mass is 16.5. The van der Waals surface area contributed by atoms with Crippen LogP contribution in [0.15, 0.2) is 10.5 Å². The summed E-state index contributed by atoms with van der Waals surface area (Å²) in [7, 11) is 1.37. The van der Waals surface area contributed by atoms with E-state index in [1.807, 2.05) is 0 Å². The Morgan fingerprint density at radius 1 is 1.60 bits per heavy atom. The molecule has 5 nitrogen and oxygen atoms in total. The predicted molar refractivity (Wildman–Crippen MR) is 74.5 cm³/mol. The van der Waals surface area contributed by atoms with Gasteiger partial charge in [0.05, 0.1) is 13.7 Å². The molecule has 1 N–H and O–H groups in total. The molecule has 0 aliphatic carbocycles. The standard InChI is InChI=1S/C15H23NO4/c1-11-13(14(18)19-3)7-12(20-11)8-16-6-4-5-15(2,9-16)10-17/h7,17H,4-6,8-10H2,1-3H3. The first-order chi connectivity index (χ1) is 9.47. The summed E-state index contributed by atoms with van der Waals surface area (Å²) < 4.78 is 10.4. The smallest absolute Gasteiger partial charge is 0.341 e. The van der Waals surface area contributed by atoms with Crippen molar-refractivity contribution < 1.29 is 19.1 Å². The fraction of sp³-hybridized carbons (Fsp3) is 0.667. The summed E-state index contributed by atoms with van der Waals surface area (Å²) in [5, 5.41) is 9.48. The van der Waals surface area contributed by atoms with Crippen molar-refractivity contribution >= 4 is 5.97 Å². The molecule has 2 rings (SSSR count). The molecule has 1 aromatic rings. The lowest BCUT2D eigenvalue weighted by atomic mass is 9.83. The molecule has 1 unspecified atom stereocenters. The third-order valence-corrected chi connectivity index (χ3v) is 4.00. The van der Waals surface area contributed by atoms with Crippen LogP contribution in [0.2, 0.25) is 0 Å². The number of hydrogen-bond donors (Lipinski definition) is 1. The van der Waals surface area contributed by atoms with Crippen LogP contribution in [0.3, 0.4) is 0 Å². The Morgan fingerprint density at radius 3 is 3.00 bits per heavy atom. The lowest BCUT2D eigenvalue weighted by molar-refractivity contribution is 0.0398. The zero-order valence-corrected chi connectivity index (χ0v) is 12.4. The summed E-state index contributed by atoms with van der Waals surface area (Å²) >= 11 is 0. The number of likely N-dealkylation sites (tertiary alicyclic amines) is 1. The van der Waals surface area contributed by atoms with E-state index in [9.17, 15) is 9.90 Å². The van der Waals surface area contributed by atoms with Gasteiger partial charge < -0.3 is 14.3 Å². The summed E-state index contributed by atoms with van der Waals surface area (Å²) in [6, 6.07) is 1.76. The molecule has 0 bridgehead atoms. The van der Waals surface area contributed by atoms with Gasteiger partial charge in [0, 0.05) is 18.6 Å². The largest absolute Gasteiger partial charge is 0.465 e. The third kappa shape index (κ3) is 3.22. The first-order valence-electron chi connectivity index (χ1n) is 6.98. The molecule has 1 aliphatic rings. The van der Waals surface area contributed by atoms with E-state index in [4.69, 9.17) is 9.15 Å². The molecular weight excluding hydrogens is 258 g/mol. The van der Waals surface area contributed by atoms with E-state index >= 15 is 0 Å². The van der Waals surface area contributed by atoms with Gasteiger partial charge in [-0.2, -0.15) is 0 Å². The Kier molecular flexibility index (Phi) is 4.50. The maximum atomic E-state index is 11.6. The Bertz CT molecular complexity index is 482. The maximum absolute atomic E-state index is 11.6. The van der Waals surface area contributed by atoms with Crippen LogP contribution < -0.4 is 0 Å². The minimum atomic E-state index is -0.364. The number of aliphatic hydroxyl groups is 1. The molecule has 1 aliphatic heterocycles. The Morgan fingerprint density at radius 2 is 2.35 bits per heavy atom. The summed E-state index contributed by atoms with van der Waals surface area (Å²) in [6.07, 6.45) is 2.12. The second kappa shape index (κ2) is 5.97. The molecule has 20 heavy (non-hydrogen) atoms. The van der Waals surface area contributed by atoms with E-state index in [1.54, 1.807) is 13.0 Å². The van der Waals surface area contributed by atoms with Crippen LogP contribution in [-0.4, -0.2) is 42.8 Å². The molecular formula is C15H23NO4. The molecule has 5 heteroatoms. The predicted octanol–water partition coefficient (Wildman–Crippen LogP) is 1.97. The molecule has 0 saturated carbocycles. The van der Waals surface area contributed by atoms with E-state index in [1.165, 1.54) is 7.11 Å². The SMILES string of the molecule is COC(=O)c1cc(CN2CCCC(C)(CO)C2)oc1C. The molecule has 0 aromatic carbocycles. The average Bonchev–Trinajstić information content (AvgIpc) is 2.79. The molecule has 0 spiro atoms. The van der Waals surface area contributed by atoms with Crippen molar-refractivity contribution in [2.45, 2.75) is 33.2 Å². The van der Waals surface area contributed by atoms with Gasteiger partial charge >= 0.3 is 5.97 Å². The topological polar surface area (TPSA) is 62.9 Å². The van der Waals surface area contributed by atoms with E-state index in [2.05, 4.69) is 11.8 Å². The first-order valence-corrected chi connectivity index (χ1v) is 6.98. The fourth-order valence-corrected chi connectivity index (χ4v) is 2.85. The Labute approximate surface area is 119 Å². The van der Waals surface area contributed by atoms with Crippen LogP contribution in [0.1, 0.15) is 41.6 Å². The quantitative estimate of drug-likeness (QED) is 0.855. The van der Waals surface area contributed by atoms with Crippen LogP contribution in [0, 0.1) is 12.3 Å². The van der Waals surface area contributed by atoms with Crippen molar-refractivity contribution in [2.75, 3.05) is 26.8 Å². The summed E-state index contributed by atoms with van der Waals surface area (Å²) in [5.41, 5.74) is 0.454. The number of nitrogens with zero attached hydrogens (tertiary/aromatic N) is 1. The maximum Gasteiger partial charge on any atom is 0.341 e. The Balaban J connectivity index is 2.05. The molecule has 112 valence electrons. The number of rotatable bonds is 4. The normalized spacial score (nSPS) is 23.8.